The van der Waals surface area contributed by atoms with Crippen molar-refractivity contribution in [3.63, 3.8) is 0 Å². The fourth-order valence-corrected chi connectivity index (χ4v) is 5.24. The number of ether oxygens (including phenoxy) is 1. The number of carbonyl (C=O) groups excluding carboxylic acids is 1. The van der Waals surface area contributed by atoms with Crippen molar-refractivity contribution in [2.24, 2.45) is 16.5 Å². The molecule has 0 unspecified atom stereocenters. The van der Waals surface area contributed by atoms with Crippen LogP contribution in [0, 0.1) is 0 Å². The molecule has 1 amide bonds. The maximum Gasteiger partial charge on any atom is 0.320 e. The van der Waals surface area contributed by atoms with Crippen LogP contribution in [0.4, 0.5) is 5.69 Å². The molecule has 0 aromatic heterocycles. The lowest BCUT2D eigenvalue weighted by molar-refractivity contribution is -0.138. The monoisotopic (exact) mass is 550 g/mol. The number of benzene rings is 2. The smallest absolute Gasteiger partial charge is 0.320 e. The number of amides is 1. The Morgan fingerprint density at radius 1 is 1.05 bits per heavy atom. The Morgan fingerprint density at radius 3 is 2.38 bits per heavy atom. The number of carboxylic acid groups (broad SMARTS) is 1. The molecule has 2 aliphatic rings. The molecule has 10 nitrogen and oxygen atoms in total. The number of likely N-dealkylation sites (tertiary alicyclic amines) is 1. The van der Waals surface area contributed by atoms with Crippen LogP contribution in [0.2, 0.25) is 0 Å². The standard InChI is InChI=1S/C30H42N6O4/c1-35-17-13-23(14-18-35)40-27-8-6-7-26(36-15-4-2-3-5-16-36)24(27)20-33-30(32)34-28(37)22-11-9-21(10-12-22)19-25(31)29(38)39/h6-12,23,25H,2-5,13-20,31H2,1H3,(H,38,39)(H3,32,33,34,37)/t25-/m0/s1. The van der Waals surface area contributed by atoms with Crippen LogP contribution in [0.5, 0.6) is 5.75 Å². The summed E-state index contributed by atoms with van der Waals surface area (Å²) in [4.78, 5) is 33.1. The Hall–Kier alpha value is -3.63. The van der Waals surface area contributed by atoms with Gasteiger partial charge in [0.2, 0.25) is 0 Å². The number of aliphatic imine (C=N–C) groups is 1. The third-order valence-electron chi connectivity index (χ3n) is 7.65. The van der Waals surface area contributed by atoms with E-state index in [-0.39, 0.29) is 30.9 Å². The molecular weight excluding hydrogens is 508 g/mol. The Balaban J connectivity index is 1.47. The van der Waals surface area contributed by atoms with Crippen LogP contribution < -0.4 is 26.4 Å². The molecular formula is C30H42N6O4. The highest BCUT2D eigenvalue weighted by Gasteiger charge is 2.22. The molecule has 2 saturated heterocycles. The Bertz CT molecular complexity index is 1170. The zero-order valence-corrected chi connectivity index (χ0v) is 23.3. The van der Waals surface area contributed by atoms with Gasteiger partial charge in [-0.2, -0.15) is 0 Å². The number of hydrogen-bond donors (Lipinski definition) is 4. The number of nitrogens with two attached hydrogens (primary N) is 2. The molecule has 4 rings (SSSR count). The zero-order chi connectivity index (χ0) is 28.5. The van der Waals surface area contributed by atoms with Crippen LogP contribution in [0.15, 0.2) is 47.5 Å². The van der Waals surface area contributed by atoms with Crippen molar-refractivity contribution in [2.75, 3.05) is 38.1 Å². The van der Waals surface area contributed by atoms with Gasteiger partial charge in [-0.1, -0.05) is 31.0 Å². The number of guanidine groups is 1. The second-order valence-corrected chi connectivity index (χ2v) is 10.8. The van der Waals surface area contributed by atoms with Crippen molar-refractivity contribution in [1.29, 1.82) is 0 Å². The Labute approximate surface area is 236 Å². The minimum absolute atomic E-state index is 0.0258. The molecule has 0 saturated carbocycles. The second-order valence-electron chi connectivity index (χ2n) is 10.8. The summed E-state index contributed by atoms with van der Waals surface area (Å²) in [5, 5.41) is 11.7. The number of nitrogens with one attached hydrogen (secondary N) is 1. The van der Waals surface area contributed by atoms with Gasteiger partial charge in [-0.3, -0.25) is 14.9 Å². The van der Waals surface area contributed by atoms with Crippen LogP contribution in [-0.4, -0.2) is 73.2 Å². The normalized spacial score (nSPS) is 18.1. The summed E-state index contributed by atoms with van der Waals surface area (Å²) in [7, 11) is 2.14. The predicted octanol–water partition coefficient (Wildman–Crippen LogP) is 2.74. The molecule has 2 aromatic carbocycles. The first-order chi connectivity index (χ1) is 19.3. The molecule has 0 radical (unpaired) electrons. The summed E-state index contributed by atoms with van der Waals surface area (Å²) in [5.74, 6) is -0.603. The zero-order valence-electron chi connectivity index (χ0n) is 23.3. The maximum atomic E-state index is 12.8. The molecule has 1 atom stereocenters. The van der Waals surface area contributed by atoms with E-state index in [2.05, 4.69) is 39.3 Å². The van der Waals surface area contributed by atoms with E-state index in [1.54, 1.807) is 24.3 Å². The summed E-state index contributed by atoms with van der Waals surface area (Å²) in [6.45, 7) is 4.29. The van der Waals surface area contributed by atoms with Gasteiger partial charge in [0.05, 0.1) is 6.54 Å². The number of carboxylic acids is 1. The van der Waals surface area contributed by atoms with Crippen LogP contribution in [0.1, 0.15) is 60.0 Å². The quantitative estimate of drug-likeness (QED) is 0.275. The number of nitrogens with zero attached hydrogens (tertiary/aromatic N) is 3. The number of anilines is 1. The van der Waals surface area contributed by atoms with Gasteiger partial charge < -0.3 is 31.1 Å². The van der Waals surface area contributed by atoms with E-state index in [0.717, 1.165) is 74.4 Å². The fourth-order valence-electron chi connectivity index (χ4n) is 5.24. The lowest BCUT2D eigenvalue weighted by Crippen LogP contribution is -2.37. The summed E-state index contributed by atoms with van der Waals surface area (Å²) in [6.07, 6.45) is 7.08. The highest BCUT2D eigenvalue weighted by atomic mass is 16.5. The molecule has 216 valence electrons. The Morgan fingerprint density at radius 2 is 1.73 bits per heavy atom. The van der Waals surface area contributed by atoms with Crippen molar-refractivity contribution in [3.05, 3.63) is 59.2 Å². The molecule has 2 aromatic rings. The summed E-state index contributed by atoms with van der Waals surface area (Å²) in [6, 6.07) is 11.8. The fraction of sp³-hybridized carbons (Fsp3) is 0.500. The topological polar surface area (TPSA) is 147 Å². The molecule has 2 fully saturated rings. The average molecular weight is 551 g/mol. The second kappa shape index (κ2) is 14.1. The highest BCUT2D eigenvalue weighted by molar-refractivity contribution is 6.05. The summed E-state index contributed by atoms with van der Waals surface area (Å²) >= 11 is 0. The van der Waals surface area contributed by atoms with Gasteiger partial charge in [0.15, 0.2) is 5.96 Å². The van der Waals surface area contributed by atoms with Crippen molar-refractivity contribution >= 4 is 23.5 Å². The van der Waals surface area contributed by atoms with Crippen LogP contribution in [0.3, 0.4) is 0 Å². The van der Waals surface area contributed by atoms with Gasteiger partial charge in [-0.25, -0.2) is 4.99 Å². The Kier molecular flexibility index (Phi) is 10.4. The van der Waals surface area contributed by atoms with Crippen molar-refractivity contribution in [3.8, 4) is 5.75 Å². The third-order valence-corrected chi connectivity index (χ3v) is 7.65. The molecule has 0 bridgehead atoms. The first-order valence-electron chi connectivity index (χ1n) is 14.2. The molecule has 10 heteroatoms. The summed E-state index contributed by atoms with van der Waals surface area (Å²) in [5.41, 5.74) is 15.0. The number of carbonyl (C=O) groups is 2. The number of aliphatic carboxylic acids is 1. The SMILES string of the molecule is CN1CCC(Oc2cccc(N3CCCCCC3)c2CN=C(N)NC(=O)c2ccc(C[C@H](N)C(=O)O)cc2)CC1. The average Bonchev–Trinajstić information content (AvgIpc) is 3.23. The van der Waals surface area contributed by atoms with Gasteiger partial charge in [-0.15, -0.1) is 0 Å². The van der Waals surface area contributed by atoms with Crippen molar-refractivity contribution < 1.29 is 19.4 Å². The lowest BCUT2D eigenvalue weighted by atomic mass is 10.0. The highest BCUT2D eigenvalue weighted by Crippen LogP contribution is 2.33. The van der Waals surface area contributed by atoms with Crippen molar-refractivity contribution in [1.82, 2.24) is 10.2 Å². The van der Waals surface area contributed by atoms with Gasteiger partial charge in [-0.05, 0) is 69.0 Å². The minimum atomic E-state index is -1.07. The predicted molar refractivity (Wildman–Crippen MR) is 157 cm³/mol. The van der Waals surface area contributed by atoms with Gasteiger partial charge >= 0.3 is 5.97 Å². The van der Waals surface area contributed by atoms with Gasteiger partial charge in [0, 0.05) is 43.0 Å². The van der Waals surface area contributed by atoms with E-state index in [9.17, 15) is 9.59 Å². The van der Waals surface area contributed by atoms with Crippen LogP contribution in [0.25, 0.3) is 0 Å². The number of piperidine rings is 1. The maximum absolute atomic E-state index is 12.8. The van der Waals surface area contributed by atoms with Gasteiger partial charge in [0.25, 0.3) is 5.91 Å². The van der Waals surface area contributed by atoms with Gasteiger partial charge in [0.1, 0.15) is 17.9 Å². The minimum Gasteiger partial charge on any atom is -0.490 e. The van der Waals surface area contributed by atoms with E-state index in [4.69, 9.17) is 21.3 Å². The first kappa shape index (κ1) is 29.4. The van der Waals surface area contributed by atoms with E-state index in [1.165, 1.54) is 12.8 Å². The van der Waals surface area contributed by atoms with E-state index >= 15 is 0 Å². The first-order valence-corrected chi connectivity index (χ1v) is 14.2. The van der Waals surface area contributed by atoms with Crippen LogP contribution >= 0.6 is 0 Å². The molecule has 0 aliphatic carbocycles. The van der Waals surface area contributed by atoms with E-state index < -0.39 is 12.0 Å². The number of rotatable bonds is 9. The molecule has 2 heterocycles. The molecule has 0 spiro atoms. The number of hydrogen-bond acceptors (Lipinski definition) is 7. The van der Waals surface area contributed by atoms with Crippen molar-refractivity contribution in [2.45, 2.75) is 63.6 Å². The molecule has 6 N–H and O–H groups in total. The summed E-state index contributed by atoms with van der Waals surface area (Å²) < 4.78 is 6.54. The third kappa shape index (κ3) is 8.19. The molecule has 40 heavy (non-hydrogen) atoms. The largest absolute Gasteiger partial charge is 0.490 e. The van der Waals surface area contributed by atoms with E-state index in [0.29, 0.717) is 5.56 Å². The van der Waals surface area contributed by atoms with Crippen LogP contribution in [-0.2, 0) is 17.8 Å². The lowest BCUT2D eigenvalue weighted by Gasteiger charge is -2.31. The van der Waals surface area contributed by atoms with E-state index in [1.807, 2.05) is 6.07 Å². The molecule has 2 aliphatic heterocycles.